The van der Waals surface area contributed by atoms with Crippen LogP contribution in [0.3, 0.4) is 0 Å². The number of amidine groups is 1. The highest BCUT2D eigenvalue weighted by Crippen LogP contribution is 2.22. The molecule has 0 aliphatic heterocycles. The van der Waals surface area contributed by atoms with Crippen LogP contribution in [0.25, 0.3) is 0 Å². The lowest BCUT2D eigenvalue weighted by atomic mass is 10.1. The van der Waals surface area contributed by atoms with Crippen molar-refractivity contribution in [2.75, 3.05) is 0 Å². The zero-order valence-electron chi connectivity index (χ0n) is 11.1. The molecule has 0 spiro atoms. The number of hydrogen-bond acceptors (Lipinski definition) is 3. The van der Waals surface area contributed by atoms with Crippen molar-refractivity contribution < 1.29 is 0 Å². The van der Waals surface area contributed by atoms with Gasteiger partial charge in [-0.25, -0.2) is 4.98 Å². The number of nitrogens with two attached hydrogens (primary N) is 1. The Bertz CT molecular complexity index is 588. The summed E-state index contributed by atoms with van der Waals surface area (Å²) in [5.74, 6) is 0.951. The number of aryl methyl sites for hydroxylation is 2. The molecule has 0 fully saturated rings. The Hall–Kier alpha value is -1.81. The summed E-state index contributed by atoms with van der Waals surface area (Å²) >= 11 is 1.66. The molecule has 0 amide bonds. The summed E-state index contributed by atoms with van der Waals surface area (Å²) < 4.78 is 0. The summed E-state index contributed by atoms with van der Waals surface area (Å²) in [5, 5.41) is 8.32. The highest BCUT2D eigenvalue weighted by Gasteiger charge is 2.02. The maximum atomic E-state index is 7.43. The number of nitrogens with one attached hydrogen (secondary N) is 1. The first-order valence-corrected chi connectivity index (χ1v) is 7.03. The molecular formula is C15H17N3S. The Morgan fingerprint density at radius 2 is 1.89 bits per heavy atom. The summed E-state index contributed by atoms with van der Waals surface area (Å²) in [6.45, 7) is 4.21. The Morgan fingerprint density at radius 3 is 2.53 bits per heavy atom. The number of hydrogen-bond donors (Lipinski definition) is 2. The average molecular weight is 271 g/mol. The SMILES string of the molecule is Cc1cc(C)cc(CSc2cc(C(=N)N)ccn2)c1. The number of rotatable bonds is 4. The second kappa shape index (κ2) is 5.89. The molecule has 98 valence electrons. The van der Waals surface area contributed by atoms with Gasteiger partial charge in [-0.2, -0.15) is 0 Å². The van der Waals surface area contributed by atoms with Gasteiger partial charge in [0.25, 0.3) is 0 Å². The molecule has 1 heterocycles. The van der Waals surface area contributed by atoms with Gasteiger partial charge in [0.05, 0.1) is 5.03 Å². The molecule has 0 aliphatic rings. The van der Waals surface area contributed by atoms with E-state index < -0.39 is 0 Å². The Labute approximate surface area is 117 Å². The highest BCUT2D eigenvalue weighted by atomic mass is 32.2. The summed E-state index contributed by atoms with van der Waals surface area (Å²) in [6.07, 6.45) is 1.69. The van der Waals surface area contributed by atoms with Crippen molar-refractivity contribution in [3.05, 3.63) is 58.8 Å². The average Bonchev–Trinajstić information content (AvgIpc) is 2.35. The molecule has 1 aromatic carbocycles. The van der Waals surface area contributed by atoms with Gasteiger partial charge in [-0.3, -0.25) is 5.41 Å². The second-order valence-electron chi connectivity index (χ2n) is 4.58. The standard InChI is InChI=1S/C15H17N3S/c1-10-5-11(2)7-12(6-10)9-19-14-8-13(15(16)17)3-4-18-14/h3-8H,9H2,1-2H3,(H3,16,17). The van der Waals surface area contributed by atoms with Crippen LogP contribution in [0.15, 0.2) is 41.6 Å². The van der Waals surface area contributed by atoms with E-state index in [1.54, 1.807) is 24.0 Å². The van der Waals surface area contributed by atoms with Crippen LogP contribution >= 0.6 is 11.8 Å². The van der Waals surface area contributed by atoms with Crippen LogP contribution in [0.4, 0.5) is 0 Å². The maximum absolute atomic E-state index is 7.43. The minimum atomic E-state index is 0.0793. The number of pyridine rings is 1. The van der Waals surface area contributed by atoms with E-state index in [0.717, 1.165) is 16.3 Å². The molecule has 0 atom stereocenters. The Morgan fingerprint density at radius 1 is 1.21 bits per heavy atom. The number of thioether (sulfide) groups is 1. The highest BCUT2D eigenvalue weighted by molar-refractivity contribution is 7.98. The molecule has 2 rings (SSSR count). The van der Waals surface area contributed by atoms with Gasteiger partial charge in [-0.15, -0.1) is 11.8 Å². The van der Waals surface area contributed by atoms with Crippen LogP contribution in [-0.2, 0) is 5.75 Å². The van der Waals surface area contributed by atoms with E-state index in [0.29, 0.717) is 0 Å². The summed E-state index contributed by atoms with van der Waals surface area (Å²) in [6, 6.07) is 10.2. The molecule has 0 bridgehead atoms. The quantitative estimate of drug-likeness (QED) is 0.509. The Balaban J connectivity index is 2.10. The third-order valence-corrected chi connectivity index (χ3v) is 3.71. The van der Waals surface area contributed by atoms with Gasteiger partial charge in [-0.1, -0.05) is 29.3 Å². The molecule has 4 heteroatoms. The normalized spacial score (nSPS) is 10.4. The van der Waals surface area contributed by atoms with E-state index in [-0.39, 0.29) is 5.84 Å². The van der Waals surface area contributed by atoms with Crippen molar-refractivity contribution in [3.8, 4) is 0 Å². The van der Waals surface area contributed by atoms with Crippen molar-refractivity contribution >= 4 is 17.6 Å². The molecule has 0 aliphatic carbocycles. The monoisotopic (exact) mass is 271 g/mol. The van der Waals surface area contributed by atoms with Crippen molar-refractivity contribution in [1.29, 1.82) is 5.41 Å². The lowest BCUT2D eigenvalue weighted by Crippen LogP contribution is -2.10. The van der Waals surface area contributed by atoms with E-state index in [1.807, 2.05) is 6.07 Å². The fourth-order valence-electron chi connectivity index (χ4n) is 1.97. The van der Waals surface area contributed by atoms with Crippen molar-refractivity contribution in [2.45, 2.75) is 24.6 Å². The van der Waals surface area contributed by atoms with Gasteiger partial charge < -0.3 is 5.73 Å². The first-order chi connectivity index (χ1) is 9.04. The third-order valence-electron chi connectivity index (χ3n) is 2.71. The molecule has 0 saturated carbocycles. The topological polar surface area (TPSA) is 62.8 Å². The van der Waals surface area contributed by atoms with Gasteiger partial charge in [0.15, 0.2) is 0 Å². The lowest BCUT2D eigenvalue weighted by Gasteiger charge is -2.05. The Kier molecular flexibility index (Phi) is 4.22. The van der Waals surface area contributed by atoms with Crippen LogP contribution in [0, 0.1) is 19.3 Å². The molecular weight excluding hydrogens is 254 g/mol. The van der Waals surface area contributed by atoms with Crippen LogP contribution in [0.5, 0.6) is 0 Å². The predicted molar refractivity (Wildman–Crippen MR) is 80.7 cm³/mol. The van der Waals surface area contributed by atoms with Crippen LogP contribution < -0.4 is 5.73 Å². The molecule has 2 aromatic rings. The van der Waals surface area contributed by atoms with Gasteiger partial charge in [0, 0.05) is 17.5 Å². The van der Waals surface area contributed by atoms with E-state index in [9.17, 15) is 0 Å². The van der Waals surface area contributed by atoms with E-state index in [4.69, 9.17) is 11.1 Å². The number of aromatic nitrogens is 1. The molecule has 3 N–H and O–H groups in total. The molecule has 3 nitrogen and oxygen atoms in total. The lowest BCUT2D eigenvalue weighted by molar-refractivity contribution is 1.12. The molecule has 19 heavy (non-hydrogen) atoms. The van der Waals surface area contributed by atoms with E-state index in [1.165, 1.54) is 16.7 Å². The number of nitrogens with zero attached hydrogens (tertiary/aromatic N) is 1. The zero-order chi connectivity index (χ0) is 13.8. The third kappa shape index (κ3) is 3.83. The molecule has 0 unspecified atom stereocenters. The van der Waals surface area contributed by atoms with E-state index >= 15 is 0 Å². The second-order valence-corrected chi connectivity index (χ2v) is 5.58. The van der Waals surface area contributed by atoms with Crippen molar-refractivity contribution in [3.63, 3.8) is 0 Å². The predicted octanol–water partition coefficient (Wildman–Crippen LogP) is 3.27. The molecule has 1 aromatic heterocycles. The largest absolute Gasteiger partial charge is 0.384 e. The minimum Gasteiger partial charge on any atom is -0.384 e. The maximum Gasteiger partial charge on any atom is 0.122 e. The van der Waals surface area contributed by atoms with Crippen molar-refractivity contribution in [2.24, 2.45) is 5.73 Å². The van der Waals surface area contributed by atoms with Gasteiger partial charge >= 0.3 is 0 Å². The van der Waals surface area contributed by atoms with Crippen molar-refractivity contribution in [1.82, 2.24) is 4.98 Å². The van der Waals surface area contributed by atoms with Gasteiger partial charge in [0.1, 0.15) is 5.84 Å². The van der Waals surface area contributed by atoms with Crippen LogP contribution in [0.1, 0.15) is 22.3 Å². The van der Waals surface area contributed by atoms with Gasteiger partial charge in [-0.05, 0) is 31.5 Å². The number of benzene rings is 1. The van der Waals surface area contributed by atoms with Gasteiger partial charge in [0.2, 0.25) is 0 Å². The first-order valence-electron chi connectivity index (χ1n) is 6.05. The zero-order valence-corrected chi connectivity index (χ0v) is 11.9. The van der Waals surface area contributed by atoms with Crippen LogP contribution in [0.2, 0.25) is 0 Å². The summed E-state index contributed by atoms with van der Waals surface area (Å²) in [4.78, 5) is 4.29. The molecule has 0 saturated heterocycles. The van der Waals surface area contributed by atoms with E-state index in [2.05, 4.69) is 37.0 Å². The minimum absolute atomic E-state index is 0.0793. The number of nitrogen functional groups attached to an aromatic ring is 1. The van der Waals surface area contributed by atoms with Crippen LogP contribution in [-0.4, -0.2) is 10.8 Å². The molecule has 0 radical (unpaired) electrons. The smallest absolute Gasteiger partial charge is 0.122 e. The fourth-order valence-corrected chi connectivity index (χ4v) is 2.79. The summed E-state index contributed by atoms with van der Waals surface area (Å²) in [7, 11) is 0. The first kappa shape index (κ1) is 13.6. The summed E-state index contributed by atoms with van der Waals surface area (Å²) in [5.41, 5.74) is 10.0. The fraction of sp³-hybridized carbons (Fsp3) is 0.200.